The fraction of sp³-hybridized carbons (Fsp3) is 0.733. The van der Waals surface area contributed by atoms with E-state index in [2.05, 4.69) is 28.4 Å². The largest absolute Gasteiger partial charge is 0.382 e. The molecule has 3 rings (SSSR count). The number of carbonyl (C=O) groups is 1. The van der Waals surface area contributed by atoms with E-state index in [-0.39, 0.29) is 5.91 Å². The molecule has 3 N–H and O–H groups in total. The summed E-state index contributed by atoms with van der Waals surface area (Å²) in [5.41, 5.74) is 6.92. The molecule has 0 atom stereocenters. The predicted octanol–water partition coefficient (Wildman–Crippen LogP) is 2.63. The lowest BCUT2D eigenvalue weighted by Crippen LogP contribution is -2.30. The lowest BCUT2D eigenvalue weighted by molar-refractivity contribution is 0.0952. The molecule has 116 valence electrons. The lowest BCUT2D eigenvalue weighted by Gasteiger charge is -2.26. The monoisotopic (exact) mass is 308 g/mol. The first-order valence-corrected chi connectivity index (χ1v) is 8.67. The number of nitrogens with two attached hydrogens (primary N) is 1. The van der Waals surface area contributed by atoms with Crippen molar-refractivity contribution in [3.8, 4) is 0 Å². The number of rotatable bonds is 5. The maximum atomic E-state index is 12.4. The fourth-order valence-electron chi connectivity index (χ4n) is 3.14. The quantitative estimate of drug-likeness (QED) is 0.877. The summed E-state index contributed by atoms with van der Waals surface area (Å²) in [5.74, 6) is 0.322. The maximum Gasteiger partial charge on any atom is 0.258 e. The van der Waals surface area contributed by atoms with Crippen molar-refractivity contribution in [2.75, 3.05) is 23.7 Å². The van der Waals surface area contributed by atoms with Crippen LogP contribution in [0.5, 0.6) is 0 Å². The van der Waals surface area contributed by atoms with Crippen LogP contribution in [0, 0.1) is 5.41 Å². The van der Waals surface area contributed by atoms with Crippen molar-refractivity contribution < 1.29 is 4.79 Å². The van der Waals surface area contributed by atoms with E-state index in [1.807, 2.05) is 0 Å². The third-order valence-electron chi connectivity index (χ3n) is 5.07. The van der Waals surface area contributed by atoms with Gasteiger partial charge in [-0.2, -0.15) is 4.37 Å². The van der Waals surface area contributed by atoms with Gasteiger partial charge in [-0.25, -0.2) is 0 Å². The second-order valence-electron chi connectivity index (χ2n) is 6.37. The topological polar surface area (TPSA) is 71.2 Å². The minimum Gasteiger partial charge on any atom is -0.382 e. The molecule has 1 aliphatic carbocycles. The first-order chi connectivity index (χ1) is 10.1. The van der Waals surface area contributed by atoms with E-state index >= 15 is 0 Å². The Labute approximate surface area is 130 Å². The molecule has 6 heteroatoms. The van der Waals surface area contributed by atoms with Crippen molar-refractivity contribution >= 4 is 28.3 Å². The Hall–Kier alpha value is -1.30. The van der Waals surface area contributed by atoms with Gasteiger partial charge in [0.05, 0.1) is 0 Å². The molecule has 1 aliphatic heterocycles. The SMILES string of the molecule is CCC1(CC)CCN(c2snc(N)c2C(=O)NC2CC2)C1. The smallest absolute Gasteiger partial charge is 0.258 e. The van der Waals surface area contributed by atoms with Gasteiger partial charge in [0.25, 0.3) is 5.91 Å². The molecule has 2 fully saturated rings. The fourth-order valence-corrected chi connectivity index (χ4v) is 3.98. The first-order valence-electron chi connectivity index (χ1n) is 7.89. The average molecular weight is 308 g/mol. The highest BCUT2D eigenvalue weighted by molar-refractivity contribution is 7.11. The zero-order valence-corrected chi connectivity index (χ0v) is 13.6. The van der Waals surface area contributed by atoms with Crippen LogP contribution in [0.2, 0.25) is 0 Å². The minimum absolute atomic E-state index is 0.0516. The second kappa shape index (κ2) is 5.48. The number of carbonyl (C=O) groups excluding carboxylic acids is 1. The van der Waals surface area contributed by atoms with E-state index < -0.39 is 0 Å². The second-order valence-corrected chi connectivity index (χ2v) is 7.13. The van der Waals surface area contributed by atoms with Gasteiger partial charge in [0.1, 0.15) is 10.6 Å². The van der Waals surface area contributed by atoms with Gasteiger partial charge in [0, 0.05) is 19.1 Å². The molecule has 0 bridgehead atoms. The number of nitrogen functional groups attached to an aromatic ring is 1. The van der Waals surface area contributed by atoms with Crippen molar-refractivity contribution in [2.45, 2.75) is 52.0 Å². The molecule has 1 aromatic heterocycles. The molecule has 5 nitrogen and oxygen atoms in total. The van der Waals surface area contributed by atoms with Gasteiger partial charge >= 0.3 is 0 Å². The third-order valence-corrected chi connectivity index (χ3v) is 5.99. The molecular formula is C15H24N4OS. The van der Waals surface area contributed by atoms with Crippen LogP contribution in [0.15, 0.2) is 0 Å². The summed E-state index contributed by atoms with van der Waals surface area (Å²) in [5, 5.41) is 3.98. The van der Waals surface area contributed by atoms with Gasteiger partial charge in [-0.1, -0.05) is 13.8 Å². The Balaban J connectivity index is 1.81. The summed E-state index contributed by atoms with van der Waals surface area (Å²) in [6.07, 6.45) is 5.70. The van der Waals surface area contributed by atoms with Gasteiger partial charge in [0.15, 0.2) is 5.82 Å². The van der Waals surface area contributed by atoms with Crippen LogP contribution in [-0.2, 0) is 0 Å². The number of anilines is 2. The number of nitrogens with zero attached hydrogens (tertiary/aromatic N) is 2. The van der Waals surface area contributed by atoms with Crippen LogP contribution >= 0.6 is 11.5 Å². The van der Waals surface area contributed by atoms with Crippen LogP contribution in [0.3, 0.4) is 0 Å². The van der Waals surface area contributed by atoms with Crippen LogP contribution in [-0.4, -0.2) is 29.4 Å². The van der Waals surface area contributed by atoms with Crippen molar-refractivity contribution in [2.24, 2.45) is 5.41 Å². The van der Waals surface area contributed by atoms with Gasteiger partial charge in [-0.15, -0.1) is 0 Å². The number of hydrogen-bond donors (Lipinski definition) is 2. The molecule has 0 spiro atoms. The molecular weight excluding hydrogens is 284 g/mol. The number of hydrogen-bond acceptors (Lipinski definition) is 5. The summed E-state index contributed by atoms with van der Waals surface area (Å²) >= 11 is 1.36. The maximum absolute atomic E-state index is 12.4. The molecule has 1 saturated heterocycles. The van der Waals surface area contributed by atoms with Crippen molar-refractivity contribution in [1.29, 1.82) is 0 Å². The Bertz CT molecular complexity index is 534. The van der Waals surface area contributed by atoms with Gasteiger partial charge in [-0.05, 0) is 49.1 Å². The Morgan fingerprint density at radius 3 is 2.76 bits per heavy atom. The molecule has 21 heavy (non-hydrogen) atoms. The molecule has 0 unspecified atom stereocenters. The predicted molar refractivity (Wildman–Crippen MR) is 86.9 cm³/mol. The van der Waals surface area contributed by atoms with E-state index in [1.165, 1.54) is 30.8 Å². The lowest BCUT2D eigenvalue weighted by atomic mass is 9.82. The summed E-state index contributed by atoms with van der Waals surface area (Å²) in [4.78, 5) is 14.7. The van der Waals surface area contributed by atoms with E-state index in [9.17, 15) is 4.79 Å². The molecule has 2 aliphatic rings. The highest BCUT2D eigenvalue weighted by atomic mass is 32.1. The number of aromatic nitrogens is 1. The normalized spacial score (nSPS) is 20.8. The summed E-state index contributed by atoms with van der Waals surface area (Å²) in [7, 11) is 0. The summed E-state index contributed by atoms with van der Waals surface area (Å²) in [6, 6.07) is 0.341. The minimum atomic E-state index is -0.0516. The molecule has 2 heterocycles. The van der Waals surface area contributed by atoms with Crippen molar-refractivity contribution in [3.05, 3.63) is 5.56 Å². The zero-order valence-electron chi connectivity index (χ0n) is 12.8. The molecule has 1 aromatic rings. The number of amides is 1. The summed E-state index contributed by atoms with van der Waals surface area (Å²) in [6.45, 7) is 6.52. The Morgan fingerprint density at radius 2 is 2.19 bits per heavy atom. The third kappa shape index (κ3) is 2.73. The van der Waals surface area contributed by atoms with Gasteiger partial charge in [-0.3, -0.25) is 4.79 Å². The van der Waals surface area contributed by atoms with Crippen molar-refractivity contribution in [1.82, 2.24) is 9.69 Å². The van der Waals surface area contributed by atoms with Crippen LogP contribution < -0.4 is 16.0 Å². The van der Waals surface area contributed by atoms with Crippen LogP contribution in [0.25, 0.3) is 0 Å². The molecule has 1 amide bonds. The van der Waals surface area contributed by atoms with Crippen LogP contribution in [0.4, 0.5) is 10.8 Å². The standard InChI is InChI=1S/C15H24N4OS/c1-3-15(4-2)7-8-19(9-15)14-11(12(16)18-21-14)13(20)17-10-5-6-10/h10H,3-9H2,1-2H3,(H2,16,18)(H,17,20). The Kier molecular flexibility index (Phi) is 3.82. The van der Waals surface area contributed by atoms with Crippen LogP contribution in [0.1, 0.15) is 56.3 Å². The first kappa shape index (κ1) is 14.6. The van der Waals surface area contributed by atoms with Gasteiger partial charge in [0.2, 0.25) is 0 Å². The summed E-state index contributed by atoms with van der Waals surface area (Å²) < 4.78 is 4.23. The molecule has 0 radical (unpaired) electrons. The highest BCUT2D eigenvalue weighted by Crippen LogP contribution is 2.42. The number of nitrogens with one attached hydrogen (secondary N) is 1. The van der Waals surface area contributed by atoms with E-state index in [0.29, 0.717) is 22.8 Å². The van der Waals surface area contributed by atoms with E-state index in [1.54, 1.807) is 0 Å². The average Bonchev–Trinajstić information content (AvgIpc) is 3.05. The Morgan fingerprint density at radius 1 is 1.48 bits per heavy atom. The van der Waals surface area contributed by atoms with E-state index in [0.717, 1.165) is 30.9 Å². The highest BCUT2D eigenvalue weighted by Gasteiger charge is 2.38. The molecule has 1 saturated carbocycles. The van der Waals surface area contributed by atoms with Crippen molar-refractivity contribution in [3.63, 3.8) is 0 Å². The van der Waals surface area contributed by atoms with Gasteiger partial charge < -0.3 is 16.0 Å². The molecule has 0 aromatic carbocycles. The zero-order chi connectivity index (χ0) is 15.0. The van der Waals surface area contributed by atoms with E-state index in [4.69, 9.17) is 5.73 Å².